The first-order valence-corrected chi connectivity index (χ1v) is 10.5. The van der Waals surface area contributed by atoms with Gasteiger partial charge in [0.15, 0.2) is 5.16 Å². The van der Waals surface area contributed by atoms with Gasteiger partial charge in [-0.25, -0.2) is 4.98 Å². The number of hydrogen-bond donors (Lipinski definition) is 0. The van der Waals surface area contributed by atoms with Crippen molar-refractivity contribution in [2.24, 2.45) is 7.05 Å². The summed E-state index contributed by atoms with van der Waals surface area (Å²) in [4.78, 5) is 18.4. The maximum absolute atomic E-state index is 13.4. The summed E-state index contributed by atoms with van der Waals surface area (Å²) in [6, 6.07) is 8.56. The van der Waals surface area contributed by atoms with Crippen molar-refractivity contribution in [3.05, 3.63) is 45.7 Å². The van der Waals surface area contributed by atoms with Crippen LogP contribution in [-0.4, -0.2) is 15.3 Å². The van der Waals surface area contributed by atoms with Crippen molar-refractivity contribution in [3.63, 3.8) is 0 Å². The minimum atomic E-state index is -0.00225. The molecule has 3 nitrogen and oxygen atoms in total. The first-order chi connectivity index (χ1) is 12.2. The Labute approximate surface area is 153 Å². The zero-order valence-electron chi connectivity index (χ0n) is 15.2. The number of benzene rings is 1. The Bertz CT molecular complexity index is 849. The van der Waals surface area contributed by atoms with Gasteiger partial charge in [-0.15, -0.1) is 0 Å². The van der Waals surface area contributed by atoms with E-state index in [1.54, 1.807) is 16.3 Å². The highest BCUT2D eigenvalue weighted by Crippen LogP contribution is 2.48. The highest BCUT2D eigenvalue weighted by atomic mass is 32.2. The number of rotatable bonds is 3. The molecule has 1 spiro atoms. The van der Waals surface area contributed by atoms with E-state index in [1.807, 2.05) is 7.05 Å². The fourth-order valence-corrected chi connectivity index (χ4v) is 5.41. The van der Waals surface area contributed by atoms with Crippen LogP contribution in [0.5, 0.6) is 0 Å². The number of aromatic nitrogens is 2. The van der Waals surface area contributed by atoms with Crippen LogP contribution in [0.25, 0.3) is 11.3 Å². The minimum Gasteiger partial charge on any atom is -0.290 e. The Morgan fingerprint density at radius 3 is 2.72 bits per heavy atom. The summed E-state index contributed by atoms with van der Waals surface area (Å²) >= 11 is 1.70. The molecule has 1 fully saturated rings. The fraction of sp³-hybridized carbons (Fsp3) is 0.524. The van der Waals surface area contributed by atoms with Crippen LogP contribution in [0, 0.1) is 0 Å². The third-order valence-electron chi connectivity index (χ3n) is 5.83. The van der Waals surface area contributed by atoms with Crippen LogP contribution in [0.4, 0.5) is 0 Å². The predicted molar refractivity (Wildman–Crippen MR) is 104 cm³/mol. The van der Waals surface area contributed by atoms with E-state index in [1.165, 1.54) is 30.4 Å². The van der Waals surface area contributed by atoms with E-state index in [-0.39, 0.29) is 11.0 Å². The van der Waals surface area contributed by atoms with E-state index in [0.717, 1.165) is 47.8 Å². The van der Waals surface area contributed by atoms with Crippen LogP contribution in [0.3, 0.4) is 0 Å². The zero-order valence-corrected chi connectivity index (χ0v) is 16.0. The minimum absolute atomic E-state index is 0.00225. The highest BCUT2D eigenvalue weighted by Gasteiger charge is 2.43. The van der Waals surface area contributed by atoms with Crippen molar-refractivity contribution in [3.8, 4) is 11.3 Å². The van der Waals surface area contributed by atoms with Gasteiger partial charge >= 0.3 is 0 Å². The van der Waals surface area contributed by atoms with Gasteiger partial charge < -0.3 is 0 Å². The topological polar surface area (TPSA) is 34.9 Å². The van der Waals surface area contributed by atoms with Crippen LogP contribution < -0.4 is 5.56 Å². The van der Waals surface area contributed by atoms with Crippen LogP contribution in [-0.2, 0) is 18.9 Å². The molecule has 0 atom stereocenters. The number of thioether (sulfide) groups is 1. The van der Waals surface area contributed by atoms with Gasteiger partial charge in [-0.05, 0) is 31.2 Å². The molecule has 0 bridgehead atoms. The first-order valence-electron chi connectivity index (χ1n) is 9.49. The smallest absolute Gasteiger partial charge is 0.258 e. The molecule has 0 radical (unpaired) electrons. The summed E-state index contributed by atoms with van der Waals surface area (Å²) in [5, 5.41) is 0.855. The third-order valence-corrected chi connectivity index (χ3v) is 7.06. The second kappa shape index (κ2) is 6.64. The van der Waals surface area contributed by atoms with Gasteiger partial charge in [-0.1, -0.05) is 62.2 Å². The quantitative estimate of drug-likeness (QED) is 0.591. The summed E-state index contributed by atoms with van der Waals surface area (Å²) in [5.41, 5.74) is 4.67. The van der Waals surface area contributed by atoms with Gasteiger partial charge in [0.1, 0.15) is 0 Å². The van der Waals surface area contributed by atoms with Crippen LogP contribution >= 0.6 is 11.8 Å². The third kappa shape index (κ3) is 2.75. The SMILES string of the molecule is CCCSc1nc2c(c(=O)n1C)C1(CCCCC1)Cc1ccccc1-2. The molecule has 2 aromatic rings. The van der Waals surface area contributed by atoms with Crippen molar-refractivity contribution in [1.29, 1.82) is 0 Å². The Balaban J connectivity index is 1.97. The summed E-state index contributed by atoms with van der Waals surface area (Å²) in [6.07, 6.45) is 8.04. The molecular weight excluding hydrogens is 328 g/mol. The molecule has 2 aliphatic rings. The van der Waals surface area contributed by atoms with Crippen molar-refractivity contribution in [1.82, 2.24) is 9.55 Å². The maximum atomic E-state index is 13.4. The molecular formula is C21H26N2OS. The fourth-order valence-electron chi connectivity index (χ4n) is 4.59. The lowest BCUT2D eigenvalue weighted by Gasteiger charge is -2.42. The van der Waals surface area contributed by atoms with Crippen LogP contribution in [0.2, 0.25) is 0 Å². The molecule has 0 N–H and O–H groups in total. The van der Waals surface area contributed by atoms with Crippen LogP contribution in [0.15, 0.2) is 34.2 Å². The molecule has 4 heteroatoms. The van der Waals surface area contributed by atoms with E-state index in [4.69, 9.17) is 4.98 Å². The molecule has 25 heavy (non-hydrogen) atoms. The van der Waals surface area contributed by atoms with E-state index in [9.17, 15) is 4.79 Å². The molecule has 1 aromatic carbocycles. The predicted octanol–water partition coefficient (Wildman–Crippen LogP) is 4.71. The summed E-state index contributed by atoms with van der Waals surface area (Å²) in [6.45, 7) is 2.16. The molecule has 132 valence electrons. The second-order valence-electron chi connectivity index (χ2n) is 7.51. The molecule has 1 heterocycles. The van der Waals surface area contributed by atoms with E-state index < -0.39 is 0 Å². The van der Waals surface area contributed by atoms with E-state index in [2.05, 4.69) is 31.2 Å². The molecule has 0 unspecified atom stereocenters. The number of nitrogens with zero attached hydrogens (tertiary/aromatic N) is 2. The molecule has 0 saturated heterocycles. The number of fused-ring (bicyclic) bond motifs is 4. The first kappa shape index (κ1) is 16.9. The molecule has 0 aliphatic heterocycles. The lowest BCUT2D eigenvalue weighted by molar-refractivity contribution is 0.283. The van der Waals surface area contributed by atoms with Gasteiger partial charge in [-0.2, -0.15) is 0 Å². The molecule has 2 aliphatic carbocycles. The molecule has 0 amide bonds. The summed E-state index contributed by atoms with van der Waals surface area (Å²) in [5.74, 6) is 0.992. The van der Waals surface area contributed by atoms with E-state index in [0.29, 0.717) is 0 Å². The van der Waals surface area contributed by atoms with E-state index >= 15 is 0 Å². The standard InChI is InChI=1S/C21H26N2OS/c1-3-13-25-20-22-18-16-10-6-5-9-15(16)14-21(11-7-4-8-12-21)17(18)19(24)23(20)2/h5-6,9-10H,3-4,7-8,11-14H2,1-2H3. The highest BCUT2D eigenvalue weighted by molar-refractivity contribution is 7.99. The van der Waals surface area contributed by atoms with Crippen molar-refractivity contribution in [2.75, 3.05) is 5.75 Å². The largest absolute Gasteiger partial charge is 0.290 e. The monoisotopic (exact) mass is 354 g/mol. The van der Waals surface area contributed by atoms with Crippen molar-refractivity contribution >= 4 is 11.8 Å². The molecule has 4 rings (SSSR count). The number of hydrogen-bond acceptors (Lipinski definition) is 3. The summed E-state index contributed by atoms with van der Waals surface area (Å²) < 4.78 is 1.80. The Morgan fingerprint density at radius 2 is 1.96 bits per heavy atom. The van der Waals surface area contributed by atoms with Crippen molar-refractivity contribution in [2.45, 2.75) is 62.4 Å². The maximum Gasteiger partial charge on any atom is 0.258 e. The van der Waals surface area contributed by atoms with Gasteiger partial charge in [0.25, 0.3) is 5.56 Å². The van der Waals surface area contributed by atoms with Gasteiger partial charge in [-0.3, -0.25) is 9.36 Å². The van der Waals surface area contributed by atoms with Gasteiger partial charge in [0.05, 0.1) is 11.3 Å². The van der Waals surface area contributed by atoms with Gasteiger partial charge in [0, 0.05) is 23.8 Å². The average Bonchev–Trinajstić information content (AvgIpc) is 2.64. The average molecular weight is 355 g/mol. The second-order valence-corrected chi connectivity index (χ2v) is 8.57. The lowest BCUT2D eigenvalue weighted by Crippen LogP contribution is -2.42. The lowest BCUT2D eigenvalue weighted by atomic mass is 9.62. The molecule has 1 aromatic heterocycles. The van der Waals surface area contributed by atoms with Gasteiger partial charge in [0.2, 0.25) is 0 Å². The zero-order chi connectivity index (χ0) is 17.4. The normalized spacial score (nSPS) is 18.0. The Hall–Kier alpha value is -1.55. The summed E-state index contributed by atoms with van der Waals surface area (Å²) in [7, 11) is 1.89. The Morgan fingerprint density at radius 1 is 1.20 bits per heavy atom. The van der Waals surface area contributed by atoms with Crippen LogP contribution in [0.1, 0.15) is 56.6 Å². The Kier molecular flexibility index (Phi) is 4.48. The molecule has 1 saturated carbocycles. The van der Waals surface area contributed by atoms with Crippen molar-refractivity contribution < 1.29 is 0 Å².